The molecule has 0 saturated carbocycles. The minimum atomic E-state index is 1.04. The third-order valence-electron chi connectivity index (χ3n) is 1.75. The summed E-state index contributed by atoms with van der Waals surface area (Å²) in [5.41, 5.74) is 1.37. The molecule has 0 atom stereocenters. The van der Waals surface area contributed by atoms with Crippen LogP contribution in [0.4, 0.5) is 0 Å². The van der Waals surface area contributed by atoms with E-state index in [-0.39, 0.29) is 0 Å². The molecule has 0 unspecified atom stereocenters. The predicted molar refractivity (Wildman–Crippen MR) is 52.4 cm³/mol. The maximum Gasteiger partial charge on any atom is 0.0445 e. The van der Waals surface area contributed by atoms with E-state index in [1.807, 2.05) is 12.1 Å². The van der Waals surface area contributed by atoms with Crippen LogP contribution in [-0.2, 0) is 6.42 Å². The van der Waals surface area contributed by atoms with Crippen molar-refractivity contribution in [1.29, 1.82) is 0 Å². The lowest BCUT2D eigenvalue weighted by atomic mass is 10.1. The van der Waals surface area contributed by atoms with Crippen LogP contribution in [0.15, 0.2) is 42.5 Å². The molecule has 1 aromatic heterocycles. The molecule has 2 rings (SSSR count). The lowest BCUT2D eigenvalue weighted by Crippen LogP contribution is -1.81. The first-order chi connectivity index (χ1) is 5.95. The maximum atomic E-state index is 3.09. The van der Waals surface area contributed by atoms with E-state index in [0.29, 0.717) is 0 Å². The molecule has 59 valence electrons. The van der Waals surface area contributed by atoms with E-state index in [2.05, 4.69) is 35.7 Å². The second-order valence-electron chi connectivity index (χ2n) is 2.68. The van der Waals surface area contributed by atoms with E-state index < -0.39 is 0 Å². The first-order valence-corrected chi connectivity index (χ1v) is 4.75. The van der Waals surface area contributed by atoms with Gasteiger partial charge in [-0.1, -0.05) is 30.3 Å². The summed E-state index contributed by atoms with van der Waals surface area (Å²) >= 11 is 1.69. The molecule has 0 nitrogen and oxygen atoms in total. The molecule has 0 aliphatic carbocycles. The Morgan fingerprint density at radius 2 is 1.92 bits per heavy atom. The number of hydrogen-bond donors (Lipinski definition) is 0. The summed E-state index contributed by atoms with van der Waals surface area (Å²) in [6.07, 6.45) is 1.04. The molecule has 0 amide bonds. The molecule has 0 fully saturated rings. The summed E-state index contributed by atoms with van der Waals surface area (Å²) in [6, 6.07) is 14.6. The quantitative estimate of drug-likeness (QED) is 0.654. The van der Waals surface area contributed by atoms with Crippen LogP contribution in [0.2, 0.25) is 0 Å². The largest absolute Gasteiger partial charge is 0.139 e. The number of hydrogen-bond acceptors (Lipinski definition) is 1. The van der Waals surface area contributed by atoms with Crippen molar-refractivity contribution in [1.82, 2.24) is 0 Å². The molecule has 1 aromatic carbocycles. The van der Waals surface area contributed by atoms with E-state index in [0.717, 1.165) is 6.42 Å². The van der Waals surface area contributed by atoms with Gasteiger partial charge in [0.2, 0.25) is 0 Å². The average Bonchev–Trinajstić information content (AvgIpc) is 2.59. The monoisotopic (exact) mass is 173 g/mol. The summed E-state index contributed by atoms with van der Waals surface area (Å²) in [6.45, 7) is 0. The van der Waals surface area contributed by atoms with Crippen LogP contribution in [0.1, 0.15) is 10.4 Å². The Morgan fingerprint density at radius 3 is 2.58 bits per heavy atom. The standard InChI is InChI=1S/C11H9S/c1-2-5-10(6-3-1)9-11-7-4-8-12-11/h1-7H,9H2. The predicted octanol–water partition coefficient (Wildman–Crippen LogP) is 3.14. The number of rotatable bonds is 2. The van der Waals surface area contributed by atoms with Crippen molar-refractivity contribution in [3.05, 3.63) is 58.3 Å². The zero-order valence-corrected chi connectivity index (χ0v) is 7.47. The highest BCUT2D eigenvalue weighted by Gasteiger charge is 1.94. The molecule has 2 aromatic rings. The minimum absolute atomic E-state index is 1.04. The van der Waals surface area contributed by atoms with Gasteiger partial charge in [-0.3, -0.25) is 0 Å². The fraction of sp³-hybridized carbons (Fsp3) is 0.0909. The topological polar surface area (TPSA) is 0 Å². The lowest BCUT2D eigenvalue weighted by molar-refractivity contribution is 1.24. The highest BCUT2D eigenvalue weighted by Crippen LogP contribution is 2.13. The van der Waals surface area contributed by atoms with Crippen LogP contribution < -0.4 is 0 Å². The Morgan fingerprint density at radius 1 is 1.08 bits per heavy atom. The lowest BCUT2D eigenvalue weighted by Gasteiger charge is -1.96. The van der Waals surface area contributed by atoms with Gasteiger partial charge >= 0.3 is 0 Å². The normalized spacial score (nSPS) is 10.0. The molecule has 0 N–H and O–H groups in total. The van der Waals surface area contributed by atoms with Crippen LogP contribution in [0.3, 0.4) is 0 Å². The van der Waals surface area contributed by atoms with Gasteiger partial charge < -0.3 is 0 Å². The van der Waals surface area contributed by atoms with E-state index in [1.54, 1.807) is 11.3 Å². The first-order valence-electron chi connectivity index (χ1n) is 3.94. The third kappa shape index (κ3) is 1.74. The van der Waals surface area contributed by atoms with Gasteiger partial charge in [0.1, 0.15) is 0 Å². The molecule has 1 heterocycles. The summed E-state index contributed by atoms with van der Waals surface area (Å²) in [5.74, 6) is 0. The average molecular weight is 173 g/mol. The number of benzene rings is 1. The Balaban J connectivity index is 2.15. The van der Waals surface area contributed by atoms with Crippen molar-refractivity contribution in [2.24, 2.45) is 0 Å². The van der Waals surface area contributed by atoms with Gasteiger partial charge in [-0.05, 0) is 17.7 Å². The van der Waals surface area contributed by atoms with Gasteiger partial charge in [-0.25, -0.2) is 0 Å². The summed E-state index contributed by atoms with van der Waals surface area (Å²) < 4.78 is 0. The van der Waals surface area contributed by atoms with Gasteiger partial charge in [0.25, 0.3) is 0 Å². The minimum Gasteiger partial charge on any atom is -0.139 e. The molecule has 1 radical (unpaired) electrons. The molecule has 12 heavy (non-hydrogen) atoms. The molecule has 0 spiro atoms. The molecule has 1 heteroatoms. The Labute approximate surface area is 76.5 Å². The van der Waals surface area contributed by atoms with Crippen molar-refractivity contribution in [3.63, 3.8) is 0 Å². The van der Waals surface area contributed by atoms with Gasteiger partial charge in [-0.15, -0.1) is 11.3 Å². The van der Waals surface area contributed by atoms with E-state index in [9.17, 15) is 0 Å². The molecular formula is C11H9S. The maximum absolute atomic E-state index is 3.09. The van der Waals surface area contributed by atoms with Crippen LogP contribution >= 0.6 is 11.3 Å². The summed E-state index contributed by atoms with van der Waals surface area (Å²) in [4.78, 5) is 1.38. The fourth-order valence-electron chi connectivity index (χ4n) is 1.16. The third-order valence-corrected chi connectivity index (χ3v) is 2.55. The number of thiophene rings is 1. The van der Waals surface area contributed by atoms with Crippen molar-refractivity contribution in [2.75, 3.05) is 0 Å². The first kappa shape index (κ1) is 7.56. The van der Waals surface area contributed by atoms with E-state index in [4.69, 9.17) is 0 Å². The highest BCUT2D eigenvalue weighted by atomic mass is 32.1. The van der Waals surface area contributed by atoms with Crippen LogP contribution in [-0.4, -0.2) is 0 Å². The molecule has 0 saturated heterocycles. The molecule has 0 bridgehead atoms. The van der Waals surface area contributed by atoms with Gasteiger partial charge in [0.15, 0.2) is 0 Å². The van der Waals surface area contributed by atoms with Crippen LogP contribution in [0, 0.1) is 5.38 Å². The SMILES string of the molecule is [c]1ccc(Cc2ccccc2)s1. The zero-order chi connectivity index (χ0) is 8.23. The Hall–Kier alpha value is -1.08. The van der Waals surface area contributed by atoms with Gasteiger partial charge in [-0.2, -0.15) is 0 Å². The Bertz CT molecular complexity index is 321. The van der Waals surface area contributed by atoms with Crippen molar-refractivity contribution >= 4 is 11.3 Å². The van der Waals surface area contributed by atoms with E-state index in [1.165, 1.54) is 10.4 Å². The molecule has 0 aliphatic heterocycles. The van der Waals surface area contributed by atoms with Crippen molar-refractivity contribution in [2.45, 2.75) is 6.42 Å². The second-order valence-corrected chi connectivity index (χ2v) is 3.65. The Kier molecular flexibility index (Phi) is 2.23. The van der Waals surface area contributed by atoms with Gasteiger partial charge in [0.05, 0.1) is 0 Å². The summed E-state index contributed by atoms with van der Waals surface area (Å²) in [5, 5.41) is 3.09. The highest BCUT2D eigenvalue weighted by molar-refractivity contribution is 7.09. The van der Waals surface area contributed by atoms with Crippen molar-refractivity contribution < 1.29 is 0 Å². The molecular weight excluding hydrogens is 164 g/mol. The van der Waals surface area contributed by atoms with Gasteiger partial charge in [0, 0.05) is 16.7 Å². The fourth-order valence-corrected chi connectivity index (χ4v) is 1.83. The molecule has 0 aliphatic rings. The van der Waals surface area contributed by atoms with Crippen LogP contribution in [0.5, 0.6) is 0 Å². The summed E-state index contributed by atoms with van der Waals surface area (Å²) in [7, 11) is 0. The van der Waals surface area contributed by atoms with E-state index >= 15 is 0 Å². The second kappa shape index (κ2) is 3.55. The van der Waals surface area contributed by atoms with Crippen LogP contribution in [0.25, 0.3) is 0 Å². The van der Waals surface area contributed by atoms with Crippen molar-refractivity contribution in [3.8, 4) is 0 Å². The zero-order valence-electron chi connectivity index (χ0n) is 6.66. The smallest absolute Gasteiger partial charge is 0.0445 e.